The molecule has 19 heavy (non-hydrogen) atoms. The van der Waals surface area contributed by atoms with Gasteiger partial charge in [0.1, 0.15) is 5.69 Å². The molecule has 1 N–H and O–H groups in total. The third-order valence-corrected chi connectivity index (χ3v) is 3.04. The maximum absolute atomic E-state index is 12.5. The second-order valence-corrected chi connectivity index (χ2v) is 5.28. The first-order valence-corrected chi connectivity index (χ1v) is 5.70. The Hall–Kier alpha value is -1.08. The largest absolute Gasteiger partial charge is 0.433 e. The number of aromatic nitrogens is 1. The van der Waals surface area contributed by atoms with E-state index in [9.17, 15) is 18.3 Å². The summed E-state index contributed by atoms with van der Waals surface area (Å²) in [7, 11) is 1.19. The zero-order valence-corrected chi connectivity index (χ0v) is 11.2. The number of hydrogen-bond donors (Lipinski definition) is 1. The number of nitrogens with zero attached hydrogens (tertiary/aromatic N) is 1. The van der Waals surface area contributed by atoms with Crippen molar-refractivity contribution in [2.45, 2.75) is 45.1 Å². The highest BCUT2D eigenvalue weighted by atomic mass is 19.4. The molecule has 0 saturated carbocycles. The molecule has 1 heterocycles. The molecule has 0 fully saturated rings. The van der Waals surface area contributed by atoms with Crippen LogP contribution < -0.4 is 5.46 Å². The van der Waals surface area contributed by atoms with E-state index in [-0.39, 0.29) is 5.46 Å². The molecule has 3 nitrogen and oxygen atoms in total. The van der Waals surface area contributed by atoms with Crippen LogP contribution in [0, 0.1) is 0 Å². The quantitative estimate of drug-likeness (QED) is 0.853. The molecule has 1 radical (unpaired) electrons. The number of alkyl halides is 3. The summed E-state index contributed by atoms with van der Waals surface area (Å²) in [6, 6.07) is 2.29. The van der Waals surface area contributed by atoms with Crippen LogP contribution in [0.25, 0.3) is 0 Å². The third-order valence-electron chi connectivity index (χ3n) is 3.04. The van der Waals surface area contributed by atoms with Crippen molar-refractivity contribution in [3.63, 3.8) is 0 Å². The van der Waals surface area contributed by atoms with Crippen LogP contribution in [0.4, 0.5) is 13.2 Å². The van der Waals surface area contributed by atoms with Gasteiger partial charge >= 0.3 is 13.7 Å². The van der Waals surface area contributed by atoms with Crippen molar-refractivity contribution in [2.24, 2.45) is 0 Å². The van der Waals surface area contributed by atoms with Crippen LogP contribution in [0.2, 0.25) is 0 Å². The fourth-order valence-corrected chi connectivity index (χ4v) is 1.03. The molecule has 0 aliphatic heterocycles. The standard InChI is InChI=1S/C12H16BF3NO2/c1-10(2,18)11(3,4)19-13-8-5-6-17-9(7-8)12(14,15)16/h5-7,18H,1-4H3. The molecule has 1 aromatic rings. The normalized spacial score (nSPS) is 13.5. The molecule has 0 atom stereocenters. The first kappa shape index (κ1) is 16.0. The van der Waals surface area contributed by atoms with Crippen LogP contribution in [0.3, 0.4) is 0 Å². The monoisotopic (exact) mass is 274 g/mol. The van der Waals surface area contributed by atoms with E-state index in [0.717, 1.165) is 12.3 Å². The molecule has 0 saturated heterocycles. The van der Waals surface area contributed by atoms with Crippen LogP contribution in [0.5, 0.6) is 0 Å². The molecule has 105 valence electrons. The SMILES string of the molecule is CC(C)(O)C(C)(C)O[B]c1ccnc(C(F)(F)F)c1. The lowest BCUT2D eigenvalue weighted by molar-refractivity contribution is -0.141. The zero-order chi connectivity index (χ0) is 14.9. The molecular weight excluding hydrogens is 258 g/mol. The predicted molar refractivity (Wildman–Crippen MR) is 66.1 cm³/mol. The summed E-state index contributed by atoms with van der Waals surface area (Å²) >= 11 is 0. The summed E-state index contributed by atoms with van der Waals surface area (Å²) < 4.78 is 42.8. The van der Waals surface area contributed by atoms with Gasteiger partial charge < -0.3 is 9.76 Å². The van der Waals surface area contributed by atoms with Crippen molar-refractivity contribution >= 4 is 12.9 Å². The van der Waals surface area contributed by atoms with Gasteiger partial charge in [0.2, 0.25) is 0 Å². The van der Waals surface area contributed by atoms with Gasteiger partial charge in [0, 0.05) is 6.20 Å². The first-order chi connectivity index (χ1) is 8.43. The highest BCUT2D eigenvalue weighted by molar-refractivity contribution is 6.47. The lowest BCUT2D eigenvalue weighted by atomic mass is 9.83. The van der Waals surface area contributed by atoms with Gasteiger partial charge in [-0.15, -0.1) is 0 Å². The Balaban J connectivity index is 2.80. The van der Waals surface area contributed by atoms with E-state index >= 15 is 0 Å². The number of rotatable bonds is 4. The molecule has 0 amide bonds. The molecule has 0 bridgehead atoms. The van der Waals surface area contributed by atoms with E-state index in [1.165, 1.54) is 13.5 Å². The van der Waals surface area contributed by atoms with E-state index < -0.39 is 23.1 Å². The first-order valence-electron chi connectivity index (χ1n) is 5.70. The molecule has 1 rings (SSSR count). The smallest absolute Gasteiger partial charge is 0.427 e. The van der Waals surface area contributed by atoms with Gasteiger partial charge in [-0.2, -0.15) is 13.2 Å². The van der Waals surface area contributed by atoms with Gasteiger partial charge in [0.05, 0.1) is 11.2 Å². The van der Waals surface area contributed by atoms with E-state index in [2.05, 4.69) is 4.98 Å². The Labute approximate surface area is 111 Å². The highest BCUT2D eigenvalue weighted by Gasteiger charge is 2.36. The summed E-state index contributed by atoms with van der Waals surface area (Å²) in [6.07, 6.45) is -3.43. The zero-order valence-electron chi connectivity index (χ0n) is 11.2. The molecule has 0 aromatic carbocycles. The summed E-state index contributed by atoms with van der Waals surface area (Å²) in [5.41, 5.74) is -2.82. The topological polar surface area (TPSA) is 42.4 Å². The van der Waals surface area contributed by atoms with Crippen molar-refractivity contribution in [3.05, 3.63) is 24.0 Å². The number of aliphatic hydroxyl groups is 1. The van der Waals surface area contributed by atoms with Crippen molar-refractivity contribution in [2.75, 3.05) is 0 Å². The van der Waals surface area contributed by atoms with Crippen LogP contribution in [0.1, 0.15) is 33.4 Å². The van der Waals surface area contributed by atoms with Crippen LogP contribution in [-0.2, 0) is 10.8 Å². The fraction of sp³-hybridized carbons (Fsp3) is 0.583. The second kappa shape index (κ2) is 5.13. The lowest BCUT2D eigenvalue weighted by Gasteiger charge is -2.37. The van der Waals surface area contributed by atoms with Crippen molar-refractivity contribution in [1.29, 1.82) is 0 Å². The van der Waals surface area contributed by atoms with Gasteiger partial charge in [-0.1, -0.05) is 0 Å². The maximum Gasteiger partial charge on any atom is 0.433 e. The van der Waals surface area contributed by atoms with Gasteiger partial charge in [0.25, 0.3) is 0 Å². The van der Waals surface area contributed by atoms with Crippen LogP contribution >= 0.6 is 0 Å². The van der Waals surface area contributed by atoms with E-state index in [4.69, 9.17) is 4.65 Å². The van der Waals surface area contributed by atoms with Crippen molar-refractivity contribution in [1.82, 2.24) is 4.98 Å². The Bertz CT molecular complexity index is 441. The second-order valence-electron chi connectivity index (χ2n) is 5.28. The van der Waals surface area contributed by atoms with E-state index in [0.29, 0.717) is 0 Å². The summed E-state index contributed by atoms with van der Waals surface area (Å²) in [6.45, 7) is 6.42. The van der Waals surface area contributed by atoms with Crippen LogP contribution in [-0.4, -0.2) is 28.8 Å². The predicted octanol–water partition coefficient (Wildman–Crippen LogP) is 1.91. The van der Waals surface area contributed by atoms with Gasteiger partial charge in [0.15, 0.2) is 0 Å². The summed E-state index contributed by atoms with van der Waals surface area (Å²) in [4.78, 5) is 3.25. The minimum absolute atomic E-state index is 0.236. The third kappa shape index (κ3) is 4.21. The number of pyridine rings is 1. The highest BCUT2D eigenvalue weighted by Crippen LogP contribution is 2.27. The average Bonchev–Trinajstić information content (AvgIpc) is 2.24. The minimum atomic E-state index is -4.49. The fourth-order valence-electron chi connectivity index (χ4n) is 1.03. The number of hydrogen-bond acceptors (Lipinski definition) is 3. The Kier molecular flexibility index (Phi) is 4.31. The average molecular weight is 274 g/mol. The maximum atomic E-state index is 12.5. The van der Waals surface area contributed by atoms with Crippen molar-refractivity contribution < 1.29 is 22.9 Å². The molecule has 0 aliphatic carbocycles. The molecular formula is C12H16BF3NO2. The number of halogens is 3. The van der Waals surface area contributed by atoms with Gasteiger partial charge in [-0.3, -0.25) is 4.98 Å². The summed E-state index contributed by atoms with van der Waals surface area (Å²) in [5, 5.41) is 9.87. The summed E-state index contributed by atoms with van der Waals surface area (Å²) in [5.74, 6) is 0. The Morgan fingerprint density at radius 3 is 2.26 bits per heavy atom. The molecule has 1 aromatic heterocycles. The Morgan fingerprint density at radius 1 is 1.21 bits per heavy atom. The van der Waals surface area contributed by atoms with E-state index in [1.807, 2.05) is 0 Å². The molecule has 0 spiro atoms. The lowest BCUT2D eigenvalue weighted by Crippen LogP contribution is -2.49. The van der Waals surface area contributed by atoms with Gasteiger partial charge in [-0.25, -0.2) is 0 Å². The van der Waals surface area contributed by atoms with Crippen LogP contribution in [0.15, 0.2) is 18.3 Å². The van der Waals surface area contributed by atoms with E-state index in [1.54, 1.807) is 27.7 Å². The molecule has 0 aliphatic rings. The van der Waals surface area contributed by atoms with Crippen molar-refractivity contribution in [3.8, 4) is 0 Å². The molecule has 7 heteroatoms. The molecule has 0 unspecified atom stereocenters. The van der Waals surface area contributed by atoms with Gasteiger partial charge in [-0.05, 0) is 45.3 Å². The Morgan fingerprint density at radius 2 is 1.79 bits per heavy atom. The minimum Gasteiger partial charge on any atom is -0.427 e.